The topological polar surface area (TPSA) is 58.4 Å². The maximum absolute atomic E-state index is 13.8. The minimum Gasteiger partial charge on any atom is -0.334 e. The molecule has 3 aliphatic rings. The number of amides is 2. The number of aromatic nitrogens is 2. The summed E-state index contributed by atoms with van der Waals surface area (Å²) in [5, 5.41) is 0. The molecule has 32 heavy (non-hydrogen) atoms. The lowest BCUT2D eigenvalue weighted by Gasteiger charge is -2.52. The highest BCUT2D eigenvalue weighted by molar-refractivity contribution is 5.79. The summed E-state index contributed by atoms with van der Waals surface area (Å²) in [6.45, 7) is 6.43. The van der Waals surface area contributed by atoms with Crippen molar-refractivity contribution < 1.29 is 9.59 Å². The Morgan fingerprint density at radius 2 is 1.84 bits per heavy atom. The molecular formula is C26H34N4O2. The van der Waals surface area contributed by atoms with Gasteiger partial charge >= 0.3 is 0 Å². The van der Waals surface area contributed by atoms with Gasteiger partial charge in [-0.3, -0.25) is 9.59 Å². The number of nitrogens with zero attached hydrogens (tertiary/aromatic N) is 4. The van der Waals surface area contributed by atoms with Crippen LogP contribution in [0, 0.1) is 5.41 Å². The fourth-order valence-corrected chi connectivity index (χ4v) is 7.02. The van der Waals surface area contributed by atoms with E-state index in [0.29, 0.717) is 6.54 Å². The molecule has 0 radical (unpaired) electrons. The van der Waals surface area contributed by atoms with E-state index in [2.05, 4.69) is 52.9 Å². The molecule has 5 rings (SSSR count). The van der Waals surface area contributed by atoms with Gasteiger partial charge < -0.3 is 14.4 Å². The number of imidazole rings is 1. The maximum atomic E-state index is 13.8. The van der Waals surface area contributed by atoms with Gasteiger partial charge in [-0.2, -0.15) is 0 Å². The van der Waals surface area contributed by atoms with Crippen LogP contribution in [0.5, 0.6) is 0 Å². The number of carbonyl (C=O) groups excluding carboxylic acids is 2. The minimum absolute atomic E-state index is 0.0217. The van der Waals surface area contributed by atoms with Gasteiger partial charge in [0.2, 0.25) is 11.8 Å². The van der Waals surface area contributed by atoms with Crippen molar-refractivity contribution in [3.05, 3.63) is 54.1 Å². The number of fused-ring (bicyclic) bond motifs is 1. The second-order valence-corrected chi connectivity index (χ2v) is 10.0. The van der Waals surface area contributed by atoms with Gasteiger partial charge in [-0.15, -0.1) is 0 Å². The highest BCUT2D eigenvalue weighted by Gasteiger charge is 2.64. The first-order valence-electron chi connectivity index (χ1n) is 12.1. The number of piperidine rings is 1. The van der Waals surface area contributed by atoms with Crippen molar-refractivity contribution in [3.63, 3.8) is 0 Å². The Hall–Kier alpha value is -2.63. The summed E-state index contributed by atoms with van der Waals surface area (Å²) < 4.78 is 1.99. The Kier molecular flexibility index (Phi) is 5.34. The van der Waals surface area contributed by atoms with E-state index in [0.717, 1.165) is 44.3 Å². The first-order valence-corrected chi connectivity index (χ1v) is 12.1. The zero-order valence-electron chi connectivity index (χ0n) is 19.4. The number of rotatable bonds is 5. The SMILES string of the molecule is CCc1nccn1CC(=O)N1[C@H]2CCC[C@H]3N(C(C)=O)[C@@H](Cc4ccccc4)[C@@H]1C[C@@]23C. The van der Waals surface area contributed by atoms with Crippen LogP contribution in [-0.2, 0) is 29.0 Å². The Labute approximate surface area is 190 Å². The van der Waals surface area contributed by atoms with Gasteiger partial charge in [-0.05, 0) is 37.7 Å². The zero-order chi connectivity index (χ0) is 22.5. The number of benzene rings is 1. The summed E-state index contributed by atoms with van der Waals surface area (Å²) in [7, 11) is 0. The van der Waals surface area contributed by atoms with Crippen LogP contribution >= 0.6 is 0 Å². The molecule has 2 aliphatic heterocycles. The molecule has 5 atom stereocenters. The van der Waals surface area contributed by atoms with Crippen molar-refractivity contribution in [1.29, 1.82) is 0 Å². The molecule has 1 aliphatic carbocycles. The highest BCUT2D eigenvalue weighted by Crippen LogP contribution is 2.56. The van der Waals surface area contributed by atoms with Gasteiger partial charge in [-0.25, -0.2) is 4.98 Å². The Morgan fingerprint density at radius 3 is 2.53 bits per heavy atom. The normalized spacial score (nSPS) is 31.1. The van der Waals surface area contributed by atoms with Crippen molar-refractivity contribution in [3.8, 4) is 0 Å². The van der Waals surface area contributed by atoms with E-state index in [9.17, 15) is 9.59 Å². The molecule has 2 saturated heterocycles. The first-order chi connectivity index (χ1) is 15.4. The van der Waals surface area contributed by atoms with Gasteiger partial charge in [0.05, 0.1) is 12.1 Å². The molecule has 2 aromatic rings. The first kappa shape index (κ1) is 21.2. The number of carbonyl (C=O) groups is 2. The molecule has 1 saturated carbocycles. The molecular weight excluding hydrogens is 400 g/mol. The summed E-state index contributed by atoms with van der Waals surface area (Å²) in [6.07, 6.45) is 9.41. The van der Waals surface area contributed by atoms with Gasteiger partial charge in [-0.1, -0.05) is 44.2 Å². The summed E-state index contributed by atoms with van der Waals surface area (Å²) >= 11 is 0. The Balaban J connectivity index is 1.53. The van der Waals surface area contributed by atoms with Gasteiger partial charge in [0.1, 0.15) is 12.4 Å². The van der Waals surface area contributed by atoms with Crippen LogP contribution in [0.4, 0.5) is 0 Å². The number of hydrogen-bond donors (Lipinski definition) is 0. The third-order valence-corrected chi connectivity index (χ3v) is 8.32. The van der Waals surface area contributed by atoms with E-state index in [4.69, 9.17) is 0 Å². The summed E-state index contributed by atoms with van der Waals surface area (Å²) in [5.41, 5.74) is 1.20. The second kappa shape index (κ2) is 8.05. The van der Waals surface area contributed by atoms with Crippen LogP contribution < -0.4 is 0 Å². The predicted molar refractivity (Wildman–Crippen MR) is 123 cm³/mol. The average Bonchev–Trinajstić information content (AvgIpc) is 3.34. The van der Waals surface area contributed by atoms with Crippen LogP contribution in [0.2, 0.25) is 0 Å². The summed E-state index contributed by atoms with van der Waals surface area (Å²) in [4.78, 5) is 35.6. The predicted octanol–water partition coefficient (Wildman–Crippen LogP) is 3.45. The monoisotopic (exact) mass is 434 g/mol. The van der Waals surface area contributed by atoms with Crippen LogP contribution in [0.25, 0.3) is 0 Å². The van der Waals surface area contributed by atoms with Crippen molar-refractivity contribution in [2.75, 3.05) is 0 Å². The fraction of sp³-hybridized carbons (Fsp3) is 0.577. The zero-order valence-corrected chi connectivity index (χ0v) is 19.4. The summed E-state index contributed by atoms with van der Waals surface area (Å²) in [5.74, 6) is 1.25. The van der Waals surface area contributed by atoms with E-state index in [1.54, 1.807) is 13.1 Å². The second-order valence-electron chi connectivity index (χ2n) is 10.0. The Morgan fingerprint density at radius 1 is 1.12 bits per heavy atom. The van der Waals surface area contributed by atoms with E-state index >= 15 is 0 Å². The van der Waals surface area contributed by atoms with Crippen molar-refractivity contribution in [2.45, 2.75) is 90.0 Å². The average molecular weight is 435 g/mol. The molecule has 0 unspecified atom stereocenters. The van der Waals surface area contributed by atoms with Crippen molar-refractivity contribution in [1.82, 2.24) is 19.4 Å². The van der Waals surface area contributed by atoms with Gasteiger partial charge in [0, 0.05) is 43.2 Å². The van der Waals surface area contributed by atoms with Crippen LogP contribution in [0.3, 0.4) is 0 Å². The third-order valence-electron chi connectivity index (χ3n) is 8.32. The van der Waals surface area contributed by atoms with Gasteiger partial charge in [0.15, 0.2) is 0 Å². The van der Waals surface area contributed by atoms with Crippen LogP contribution in [0.15, 0.2) is 42.7 Å². The molecule has 6 heteroatoms. The van der Waals surface area contributed by atoms with E-state index < -0.39 is 0 Å². The minimum atomic E-state index is -0.0278. The Bertz CT molecular complexity index is 1000. The lowest BCUT2D eigenvalue weighted by atomic mass is 9.64. The lowest BCUT2D eigenvalue weighted by Crippen LogP contribution is -2.62. The summed E-state index contributed by atoms with van der Waals surface area (Å²) in [6, 6.07) is 10.9. The van der Waals surface area contributed by atoms with E-state index in [1.165, 1.54) is 5.56 Å². The molecule has 3 heterocycles. The molecule has 1 aromatic carbocycles. The quantitative estimate of drug-likeness (QED) is 0.724. The molecule has 0 N–H and O–H groups in total. The maximum Gasteiger partial charge on any atom is 0.243 e. The number of aryl methyl sites for hydroxylation is 1. The fourth-order valence-electron chi connectivity index (χ4n) is 7.02. The number of hydrogen-bond acceptors (Lipinski definition) is 3. The van der Waals surface area contributed by atoms with Crippen molar-refractivity contribution in [2.24, 2.45) is 5.41 Å². The molecule has 2 amide bonds. The highest BCUT2D eigenvalue weighted by atomic mass is 16.2. The number of likely N-dealkylation sites (tertiary alicyclic amines) is 2. The van der Waals surface area contributed by atoms with E-state index in [1.807, 2.05) is 16.8 Å². The molecule has 1 aromatic heterocycles. The van der Waals surface area contributed by atoms with Crippen molar-refractivity contribution >= 4 is 11.8 Å². The molecule has 170 valence electrons. The molecule has 3 fully saturated rings. The molecule has 2 bridgehead atoms. The van der Waals surface area contributed by atoms with E-state index in [-0.39, 0.29) is 41.4 Å². The standard InChI is InChI=1S/C26H34N4O2/c1-4-24-27-13-14-28(24)17-25(32)30-21-16-26(3)22(11-8-12-23(26)30)29(18(2)31)20(21)15-19-9-6-5-7-10-19/h5-7,9-10,13-14,20-23H,4,8,11-12,15-17H2,1-3H3/t20-,21-,22+,23-,26+/m0/s1. The van der Waals surface area contributed by atoms with Crippen LogP contribution in [0.1, 0.15) is 57.8 Å². The van der Waals surface area contributed by atoms with Crippen LogP contribution in [-0.4, -0.2) is 55.3 Å². The smallest absolute Gasteiger partial charge is 0.243 e. The molecule has 6 nitrogen and oxygen atoms in total. The third kappa shape index (κ3) is 3.26. The van der Waals surface area contributed by atoms with Gasteiger partial charge in [0.25, 0.3) is 0 Å². The lowest BCUT2D eigenvalue weighted by molar-refractivity contribution is -0.143. The largest absolute Gasteiger partial charge is 0.334 e. The molecule has 0 spiro atoms.